The molecule has 2 heterocycles. The van der Waals surface area contributed by atoms with Gasteiger partial charge in [-0.05, 0) is 38.2 Å². The van der Waals surface area contributed by atoms with Crippen LogP contribution in [0.3, 0.4) is 0 Å². The molecule has 2 aliphatic rings. The molecule has 2 unspecified atom stereocenters. The van der Waals surface area contributed by atoms with Crippen molar-refractivity contribution in [3.63, 3.8) is 0 Å². The maximum atomic E-state index is 11.0. The van der Waals surface area contributed by atoms with Gasteiger partial charge in [-0.1, -0.05) is 0 Å². The third kappa shape index (κ3) is 2.68. The van der Waals surface area contributed by atoms with Gasteiger partial charge in [-0.25, -0.2) is 14.8 Å². The Bertz CT molecular complexity index is 502. The third-order valence-electron chi connectivity index (χ3n) is 3.61. The highest BCUT2D eigenvalue weighted by Gasteiger charge is 2.40. The number of nitrogens with one attached hydrogen (secondary N) is 1. The molecule has 0 bridgehead atoms. The van der Waals surface area contributed by atoms with Gasteiger partial charge in [-0.15, -0.1) is 0 Å². The lowest BCUT2D eigenvalue weighted by Gasteiger charge is -2.19. The summed E-state index contributed by atoms with van der Waals surface area (Å²) in [6, 6.07) is 1.66. The average molecular weight is 263 g/mol. The van der Waals surface area contributed by atoms with E-state index >= 15 is 0 Å². The van der Waals surface area contributed by atoms with Crippen LogP contribution in [0.15, 0.2) is 6.07 Å². The molecule has 0 radical (unpaired) electrons. The van der Waals surface area contributed by atoms with Crippen molar-refractivity contribution in [1.29, 1.82) is 0 Å². The summed E-state index contributed by atoms with van der Waals surface area (Å²) in [5.41, 5.74) is 0.675. The second kappa shape index (κ2) is 4.77. The van der Waals surface area contributed by atoms with Gasteiger partial charge in [0, 0.05) is 12.3 Å². The minimum Gasteiger partial charge on any atom is -0.477 e. The molecule has 2 N–H and O–H groups in total. The maximum absolute atomic E-state index is 11.0. The van der Waals surface area contributed by atoms with E-state index in [9.17, 15) is 4.79 Å². The summed E-state index contributed by atoms with van der Waals surface area (Å²) in [7, 11) is 0. The van der Waals surface area contributed by atoms with Crippen LogP contribution in [0, 0.1) is 12.8 Å². The molecule has 2 fully saturated rings. The number of carbonyl (C=O) groups is 1. The minimum atomic E-state index is -1.03. The fraction of sp³-hybridized carbons (Fsp3) is 0.615. The van der Waals surface area contributed by atoms with Crippen molar-refractivity contribution in [3.05, 3.63) is 17.5 Å². The number of carboxylic acids is 1. The number of carboxylic acid groups (broad SMARTS) is 1. The van der Waals surface area contributed by atoms with Crippen molar-refractivity contribution in [2.24, 2.45) is 5.92 Å². The first-order valence-corrected chi connectivity index (χ1v) is 6.60. The van der Waals surface area contributed by atoms with Crippen LogP contribution in [-0.2, 0) is 4.74 Å². The smallest absolute Gasteiger partial charge is 0.354 e. The van der Waals surface area contributed by atoms with Gasteiger partial charge in [0.25, 0.3) is 0 Å². The van der Waals surface area contributed by atoms with Crippen molar-refractivity contribution in [2.75, 3.05) is 11.9 Å². The molecule has 1 aromatic rings. The predicted molar refractivity (Wildman–Crippen MR) is 68.2 cm³/mol. The van der Waals surface area contributed by atoms with Gasteiger partial charge in [-0.3, -0.25) is 0 Å². The molecule has 19 heavy (non-hydrogen) atoms. The number of hydrogen-bond acceptors (Lipinski definition) is 5. The first-order valence-electron chi connectivity index (χ1n) is 6.60. The molecule has 1 aliphatic carbocycles. The van der Waals surface area contributed by atoms with E-state index in [0.29, 0.717) is 17.6 Å². The quantitative estimate of drug-likeness (QED) is 0.855. The van der Waals surface area contributed by atoms with Gasteiger partial charge in [0.1, 0.15) is 0 Å². The van der Waals surface area contributed by atoms with Crippen molar-refractivity contribution >= 4 is 11.9 Å². The Balaban J connectivity index is 1.76. The number of ether oxygens (including phenoxy) is 1. The van der Waals surface area contributed by atoms with Crippen LogP contribution in [0.1, 0.15) is 35.4 Å². The molecule has 1 saturated heterocycles. The molecular weight excluding hydrogens is 246 g/mol. The summed E-state index contributed by atoms with van der Waals surface area (Å²) in [6.45, 7) is 2.51. The van der Waals surface area contributed by atoms with Crippen molar-refractivity contribution in [2.45, 2.75) is 38.3 Å². The van der Waals surface area contributed by atoms with Crippen molar-refractivity contribution < 1.29 is 14.6 Å². The average Bonchev–Trinajstić information content (AvgIpc) is 3.10. The Kier molecular flexibility index (Phi) is 3.10. The molecule has 0 amide bonds. The normalized spacial score (nSPS) is 26.4. The van der Waals surface area contributed by atoms with E-state index in [4.69, 9.17) is 9.84 Å². The van der Waals surface area contributed by atoms with Gasteiger partial charge in [0.15, 0.2) is 5.69 Å². The van der Waals surface area contributed by atoms with E-state index in [1.165, 1.54) is 18.9 Å². The van der Waals surface area contributed by atoms with Crippen LogP contribution in [0.5, 0.6) is 0 Å². The topological polar surface area (TPSA) is 84.3 Å². The molecule has 1 aliphatic heterocycles. The number of rotatable bonds is 4. The second-order valence-corrected chi connectivity index (χ2v) is 5.24. The van der Waals surface area contributed by atoms with E-state index < -0.39 is 5.97 Å². The summed E-state index contributed by atoms with van der Waals surface area (Å²) < 4.78 is 5.74. The summed E-state index contributed by atoms with van der Waals surface area (Å²) in [6.07, 6.45) is 3.58. The third-order valence-corrected chi connectivity index (χ3v) is 3.61. The largest absolute Gasteiger partial charge is 0.477 e. The Morgan fingerprint density at radius 2 is 2.21 bits per heavy atom. The summed E-state index contributed by atoms with van der Waals surface area (Å²) in [5.74, 6) is -0.00253. The zero-order valence-corrected chi connectivity index (χ0v) is 10.8. The van der Waals surface area contributed by atoms with Crippen molar-refractivity contribution in [3.8, 4) is 0 Å². The van der Waals surface area contributed by atoms with Gasteiger partial charge >= 0.3 is 5.97 Å². The number of hydrogen-bond donors (Lipinski definition) is 2. The lowest BCUT2D eigenvalue weighted by atomic mass is 10.1. The van der Waals surface area contributed by atoms with Gasteiger partial charge in [0.2, 0.25) is 5.95 Å². The van der Waals surface area contributed by atoms with E-state index in [2.05, 4.69) is 15.3 Å². The SMILES string of the molecule is Cc1cc(C(=O)O)nc(NC2CCOC2C2CC2)n1. The molecule has 0 aromatic carbocycles. The van der Waals surface area contributed by atoms with E-state index in [1.54, 1.807) is 6.92 Å². The van der Waals surface area contributed by atoms with Crippen LogP contribution in [-0.4, -0.2) is 39.8 Å². The highest BCUT2D eigenvalue weighted by atomic mass is 16.5. The first-order chi connectivity index (χ1) is 9.13. The second-order valence-electron chi connectivity index (χ2n) is 5.24. The molecule has 102 valence electrons. The number of anilines is 1. The molecule has 3 rings (SSSR count). The van der Waals surface area contributed by atoms with Crippen LogP contribution < -0.4 is 5.32 Å². The van der Waals surface area contributed by atoms with Gasteiger partial charge < -0.3 is 15.2 Å². The molecule has 1 saturated carbocycles. The number of aryl methyl sites for hydroxylation is 1. The van der Waals surface area contributed by atoms with Crippen LogP contribution in [0.2, 0.25) is 0 Å². The zero-order chi connectivity index (χ0) is 13.4. The summed E-state index contributed by atoms with van der Waals surface area (Å²) in [4.78, 5) is 19.3. The molecule has 6 heteroatoms. The Hall–Kier alpha value is -1.69. The Morgan fingerprint density at radius 3 is 2.89 bits per heavy atom. The van der Waals surface area contributed by atoms with E-state index in [-0.39, 0.29) is 17.8 Å². The first kappa shape index (κ1) is 12.3. The molecule has 2 atom stereocenters. The minimum absolute atomic E-state index is 0.0249. The summed E-state index contributed by atoms with van der Waals surface area (Å²) >= 11 is 0. The molecular formula is C13H17N3O3. The highest BCUT2D eigenvalue weighted by molar-refractivity contribution is 5.85. The molecule has 0 spiro atoms. The zero-order valence-electron chi connectivity index (χ0n) is 10.8. The maximum Gasteiger partial charge on any atom is 0.354 e. The Morgan fingerprint density at radius 1 is 1.42 bits per heavy atom. The molecule has 1 aromatic heterocycles. The van der Waals surface area contributed by atoms with Gasteiger partial charge in [-0.2, -0.15) is 0 Å². The number of nitrogens with zero attached hydrogens (tertiary/aromatic N) is 2. The van der Waals surface area contributed by atoms with Crippen molar-refractivity contribution in [1.82, 2.24) is 9.97 Å². The fourth-order valence-electron chi connectivity index (χ4n) is 2.56. The highest BCUT2D eigenvalue weighted by Crippen LogP contribution is 2.39. The van der Waals surface area contributed by atoms with Crippen LogP contribution in [0.25, 0.3) is 0 Å². The lowest BCUT2D eigenvalue weighted by Crippen LogP contribution is -2.32. The standard InChI is InChI=1S/C13H17N3O3/c1-7-6-10(12(17)18)16-13(14-7)15-9-4-5-19-11(9)8-2-3-8/h6,8-9,11H,2-5H2,1H3,(H,17,18)(H,14,15,16). The predicted octanol–water partition coefficient (Wildman–Crippen LogP) is 1.46. The number of aromatic carboxylic acids is 1. The monoisotopic (exact) mass is 263 g/mol. The van der Waals surface area contributed by atoms with E-state index in [1.807, 2.05) is 0 Å². The fourth-order valence-corrected chi connectivity index (χ4v) is 2.56. The van der Waals surface area contributed by atoms with Crippen LogP contribution in [0.4, 0.5) is 5.95 Å². The Labute approximate surface area is 111 Å². The number of aromatic nitrogens is 2. The van der Waals surface area contributed by atoms with Gasteiger partial charge in [0.05, 0.1) is 12.1 Å². The molecule has 6 nitrogen and oxygen atoms in total. The lowest BCUT2D eigenvalue weighted by molar-refractivity contribution is 0.0690. The summed E-state index contributed by atoms with van der Waals surface area (Å²) in [5, 5.41) is 12.2. The van der Waals surface area contributed by atoms with Crippen LogP contribution >= 0.6 is 0 Å². The van der Waals surface area contributed by atoms with E-state index in [0.717, 1.165) is 13.0 Å².